The number of halogens is 1. The Kier molecular flexibility index (Phi) is 7.47. The molecule has 7 nitrogen and oxygen atoms in total. The number of nitrogens with zero attached hydrogens (tertiary/aromatic N) is 3. The summed E-state index contributed by atoms with van der Waals surface area (Å²) >= 11 is 0. The largest absolute Gasteiger partial charge is 0.376 e. The van der Waals surface area contributed by atoms with Crippen LogP contribution >= 0.6 is 0 Å². The molecule has 0 aliphatic carbocycles. The fourth-order valence-corrected chi connectivity index (χ4v) is 3.89. The van der Waals surface area contributed by atoms with Crippen LogP contribution in [-0.2, 0) is 22.6 Å². The normalized spacial score (nSPS) is 15.4. The Labute approximate surface area is 192 Å². The second-order valence-corrected chi connectivity index (χ2v) is 8.13. The molecule has 0 saturated carbocycles. The lowest BCUT2D eigenvalue weighted by Crippen LogP contribution is -2.37. The minimum absolute atomic E-state index is 0.0337. The topological polar surface area (TPSA) is 76.5 Å². The van der Waals surface area contributed by atoms with Crippen LogP contribution in [0.15, 0.2) is 67.3 Å². The number of nitrogens with one attached hydrogen (secondary N) is 1. The Balaban J connectivity index is 1.45. The lowest BCUT2D eigenvalue weighted by molar-refractivity contribution is -0.116. The summed E-state index contributed by atoms with van der Waals surface area (Å²) in [7, 11) is 0. The number of aromatic nitrogens is 2. The number of imidazole rings is 1. The van der Waals surface area contributed by atoms with Gasteiger partial charge in [-0.15, -0.1) is 0 Å². The zero-order valence-corrected chi connectivity index (χ0v) is 18.3. The Morgan fingerprint density at radius 1 is 1.21 bits per heavy atom. The molecule has 4 rings (SSSR count). The lowest BCUT2D eigenvalue weighted by atomic mass is 10.1. The number of ether oxygens (including phenoxy) is 1. The van der Waals surface area contributed by atoms with Crippen LogP contribution in [0.25, 0.3) is 0 Å². The van der Waals surface area contributed by atoms with E-state index in [9.17, 15) is 14.0 Å². The Hall–Kier alpha value is -3.52. The van der Waals surface area contributed by atoms with Crippen LogP contribution in [0.5, 0.6) is 0 Å². The molecule has 1 aliphatic heterocycles. The van der Waals surface area contributed by atoms with Gasteiger partial charge >= 0.3 is 0 Å². The number of aryl methyl sites for hydroxylation is 1. The lowest BCUT2D eigenvalue weighted by Gasteiger charge is -2.26. The van der Waals surface area contributed by atoms with Crippen molar-refractivity contribution >= 4 is 17.5 Å². The first-order valence-electron chi connectivity index (χ1n) is 11.1. The molecular weight excluding hydrogens is 423 g/mol. The molecule has 1 N–H and O–H groups in total. The fourth-order valence-electron chi connectivity index (χ4n) is 3.89. The van der Waals surface area contributed by atoms with Gasteiger partial charge in [-0.3, -0.25) is 9.59 Å². The summed E-state index contributed by atoms with van der Waals surface area (Å²) in [6.07, 6.45) is 7.24. The summed E-state index contributed by atoms with van der Waals surface area (Å²) < 4.78 is 21.3. The predicted octanol–water partition coefficient (Wildman–Crippen LogP) is 3.87. The Morgan fingerprint density at radius 3 is 2.85 bits per heavy atom. The van der Waals surface area contributed by atoms with Crippen molar-refractivity contribution in [1.82, 2.24) is 14.5 Å². The van der Waals surface area contributed by atoms with Crippen molar-refractivity contribution in [2.75, 3.05) is 18.5 Å². The molecule has 1 fully saturated rings. The molecule has 0 spiro atoms. The number of anilines is 1. The van der Waals surface area contributed by atoms with Crippen LogP contribution in [0.2, 0.25) is 0 Å². The summed E-state index contributed by atoms with van der Waals surface area (Å²) in [5.41, 5.74) is 1.72. The van der Waals surface area contributed by atoms with E-state index in [0.717, 1.165) is 12.8 Å². The zero-order valence-electron chi connectivity index (χ0n) is 18.3. The van der Waals surface area contributed by atoms with Gasteiger partial charge in [0.05, 0.1) is 12.4 Å². The number of carbonyl (C=O) groups excluding carboxylic acids is 2. The molecule has 0 radical (unpaired) electrons. The van der Waals surface area contributed by atoms with Gasteiger partial charge in [0.2, 0.25) is 5.91 Å². The van der Waals surface area contributed by atoms with E-state index in [2.05, 4.69) is 10.3 Å². The van der Waals surface area contributed by atoms with Crippen molar-refractivity contribution in [2.24, 2.45) is 0 Å². The minimum Gasteiger partial charge on any atom is -0.376 e. The van der Waals surface area contributed by atoms with Crippen molar-refractivity contribution in [3.63, 3.8) is 0 Å². The Morgan fingerprint density at radius 2 is 2.09 bits per heavy atom. The average Bonchev–Trinajstić information content (AvgIpc) is 3.51. The summed E-state index contributed by atoms with van der Waals surface area (Å²) in [6, 6.07) is 13.1. The summed E-state index contributed by atoms with van der Waals surface area (Å²) in [5, 5.41) is 2.85. The van der Waals surface area contributed by atoms with Crippen molar-refractivity contribution < 1.29 is 18.7 Å². The number of hydrogen-bond donors (Lipinski definition) is 1. The van der Waals surface area contributed by atoms with Crippen LogP contribution in [0.3, 0.4) is 0 Å². The maximum absolute atomic E-state index is 13.7. The van der Waals surface area contributed by atoms with E-state index >= 15 is 0 Å². The SMILES string of the molecule is O=C(CCn1ccnc1)Nc1cccc(C(=O)N(Cc2cccc(F)c2)CC2CCCO2)c1. The molecule has 1 unspecified atom stereocenters. The van der Waals surface area contributed by atoms with Crippen LogP contribution in [0.4, 0.5) is 10.1 Å². The first-order valence-corrected chi connectivity index (χ1v) is 11.1. The summed E-state index contributed by atoms with van der Waals surface area (Å²) in [6.45, 7) is 1.91. The molecule has 2 amide bonds. The highest BCUT2D eigenvalue weighted by Crippen LogP contribution is 2.19. The minimum atomic E-state index is -0.336. The zero-order chi connectivity index (χ0) is 23.0. The van der Waals surface area contributed by atoms with Gasteiger partial charge < -0.3 is 19.5 Å². The van der Waals surface area contributed by atoms with Gasteiger partial charge in [0.15, 0.2) is 0 Å². The third-order valence-corrected chi connectivity index (χ3v) is 5.55. The van der Waals surface area contributed by atoms with Crippen LogP contribution in [0, 0.1) is 5.82 Å². The molecule has 1 aliphatic rings. The van der Waals surface area contributed by atoms with Gasteiger partial charge in [-0.2, -0.15) is 0 Å². The van der Waals surface area contributed by atoms with Gasteiger partial charge in [-0.1, -0.05) is 18.2 Å². The summed E-state index contributed by atoms with van der Waals surface area (Å²) in [4.78, 5) is 31.4. The molecule has 33 heavy (non-hydrogen) atoms. The average molecular weight is 451 g/mol. The molecule has 0 bridgehead atoms. The highest BCUT2D eigenvalue weighted by molar-refractivity contribution is 5.97. The molecule has 3 aromatic rings. The number of carbonyl (C=O) groups is 2. The van der Waals surface area contributed by atoms with Gasteiger partial charge in [-0.05, 0) is 48.7 Å². The maximum atomic E-state index is 13.7. The molecule has 2 aromatic carbocycles. The predicted molar refractivity (Wildman–Crippen MR) is 122 cm³/mol. The third kappa shape index (κ3) is 6.49. The van der Waals surface area contributed by atoms with Gasteiger partial charge in [0.25, 0.3) is 5.91 Å². The molecule has 1 saturated heterocycles. The standard InChI is InChI=1S/C25H27FN4O3/c26-21-6-1-4-19(14-21)16-30(17-23-8-3-13-33-23)25(32)20-5-2-7-22(15-20)28-24(31)9-11-29-12-10-27-18-29/h1-2,4-7,10,12,14-15,18,23H,3,8-9,11,13,16-17H2,(H,28,31). The third-order valence-electron chi connectivity index (χ3n) is 5.55. The molecule has 1 aromatic heterocycles. The second-order valence-electron chi connectivity index (χ2n) is 8.13. The molecule has 1 atom stereocenters. The number of benzene rings is 2. The van der Waals surface area contributed by atoms with Crippen molar-refractivity contribution in [3.05, 3.63) is 84.2 Å². The van der Waals surface area contributed by atoms with E-state index in [1.165, 1.54) is 12.1 Å². The number of rotatable bonds is 9. The van der Waals surface area contributed by atoms with E-state index in [-0.39, 0.29) is 30.3 Å². The van der Waals surface area contributed by atoms with Crippen LogP contribution in [-0.4, -0.2) is 45.5 Å². The molecule has 172 valence electrons. The van der Waals surface area contributed by atoms with Crippen molar-refractivity contribution in [2.45, 2.75) is 38.5 Å². The molecular formula is C25H27FN4O3. The highest BCUT2D eigenvalue weighted by atomic mass is 19.1. The maximum Gasteiger partial charge on any atom is 0.254 e. The highest BCUT2D eigenvalue weighted by Gasteiger charge is 2.24. The van der Waals surface area contributed by atoms with E-state index < -0.39 is 0 Å². The van der Waals surface area contributed by atoms with Crippen molar-refractivity contribution in [1.29, 1.82) is 0 Å². The van der Waals surface area contributed by atoms with Gasteiger partial charge in [-0.25, -0.2) is 9.37 Å². The Bertz CT molecular complexity index is 1080. The first-order chi connectivity index (χ1) is 16.1. The van der Waals surface area contributed by atoms with Gasteiger partial charge in [0, 0.05) is 56.3 Å². The van der Waals surface area contributed by atoms with E-state index in [4.69, 9.17) is 4.74 Å². The smallest absolute Gasteiger partial charge is 0.254 e. The number of hydrogen-bond acceptors (Lipinski definition) is 4. The molecule has 8 heteroatoms. The van der Waals surface area contributed by atoms with E-state index in [0.29, 0.717) is 42.9 Å². The first kappa shape index (κ1) is 22.7. The second kappa shape index (κ2) is 10.9. The van der Waals surface area contributed by atoms with Gasteiger partial charge in [0.1, 0.15) is 5.82 Å². The number of amides is 2. The van der Waals surface area contributed by atoms with Crippen LogP contribution < -0.4 is 5.32 Å². The van der Waals surface area contributed by atoms with E-state index in [1.54, 1.807) is 60.0 Å². The fraction of sp³-hybridized carbons (Fsp3) is 0.320. The van der Waals surface area contributed by atoms with Crippen LogP contribution in [0.1, 0.15) is 35.2 Å². The monoisotopic (exact) mass is 450 g/mol. The summed E-state index contributed by atoms with van der Waals surface area (Å²) in [5.74, 6) is -0.675. The van der Waals surface area contributed by atoms with Crippen molar-refractivity contribution in [3.8, 4) is 0 Å². The van der Waals surface area contributed by atoms with E-state index in [1.807, 2.05) is 4.57 Å². The molecule has 2 heterocycles. The quantitative estimate of drug-likeness (QED) is 0.537.